The number of benzene rings is 4. The molecule has 5 aromatic rings. The fraction of sp³-hybridized carbons (Fsp3) is 0.0769. The molecule has 158 valence electrons. The summed E-state index contributed by atoms with van der Waals surface area (Å²) >= 11 is 5.93. The number of rotatable bonds is 6. The summed E-state index contributed by atoms with van der Waals surface area (Å²) in [7, 11) is 0. The first-order valence-corrected chi connectivity index (χ1v) is 10.6. The van der Waals surface area contributed by atoms with E-state index in [1.807, 2.05) is 59.2 Å². The number of amides is 1. The Morgan fingerprint density at radius 3 is 2.50 bits per heavy atom. The zero-order valence-electron chi connectivity index (χ0n) is 17.2. The van der Waals surface area contributed by atoms with Crippen LogP contribution in [-0.2, 0) is 17.9 Å². The first-order valence-electron chi connectivity index (χ1n) is 10.3. The van der Waals surface area contributed by atoms with Gasteiger partial charge in [-0.15, -0.1) is 0 Å². The molecule has 0 aliphatic heterocycles. The molecule has 0 aliphatic rings. The van der Waals surface area contributed by atoms with Crippen molar-refractivity contribution in [1.29, 1.82) is 0 Å². The standard InChI is InChI=1S/C26H20ClN3O2/c27-20-10-12-21(13-11-20)28-26(31)16-30-24-8-4-3-7-23(24)29-25(30)17-32-22-14-9-18-5-1-2-6-19(18)15-22/h1-15H,16-17H2,(H,28,31). The summed E-state index contributed by atoms with van der Waals surface area (Å²) in [5.74, 6) is 1.29. The van der Waals surface area contributed by atoms with Crippen molar-refractivity contribution in [3.63, 3.8) is 0 Å². The normalized spacial score (nSPS) is 11.0. The molecule has 5 nitrogen and oxygen atoms in total. The van der Waals surface area contributed by atoms with Crippen LogP contribution >= 0.6 is 11.6 Å². The molecule has 4 aromatic carbocycles. The van der Waals surface area contributed by atoms with Gasteiger partial charge in [-0.25, -0.2) is 4.98 Å². The number of hydrogen-bond acceptors (Lipinski definition) is 3. The van der Waals surface area contributed by atoms with E-state index in [0.717, 1.165) is 27.6 Å². The fourth-order valence-corrected chi connectivity index (χ4v) is 3.82. The summed E-state index contributed by atoms with van der Waals surface area (Å²) in [6.07, 6.45) is 0. The highest BCUT2D eigenvalue weighted by atomic mass is 35.5. The number of hydrogen-bond donors (Lipinski definition) is 1. The predicted molar refractivity (Wildman–Crippen MR) is 128 cm³/mol. The topological polar surface area (TPSA) is 56.2 Å². The Kier molecular flexibility index (Phi) is 5.48. The van der Waals surface area contributed by atoms with Crippen molar-refractivity contribution in [3.8, 4) is 5.75 Å². The van der Waals surface area contributed by atoms with Gasteiger partial charge in [-0.05, 0) is 59.3 Å². The van der Waals surface area contributed by atoms with E-state index in [0.29, 0.717) is 16.5 Å². The van der Waals surface area contributed by atoms with Crippen molar-refractivity contribution in [1.82, 2.24) is 9.55 Å². The minimum atomic E-state index is -0.151. The Morgan fingerprint density at radius 2 is 1.66 bits per heavy atom. The maximum Gasteiger partial charge on any atom is 0.244 e. The van der Waals surface area contributed by atoms with Gasteiger partial charge in [-0.1, -0.05) is 54.1 Å². The number of imidazole rings is 1. The molecule has 5 rings (SSSR count). The highest BCUT2D eigenvalue weighted by Crippen LogP contribution is 2.23. The summed E-state index contributed by atoms with van der Waals surface area (Å²) in [4.78, 5) is 17.5. The number of para-hydroxylation sites is 2. The van der Waals surface area contributed by atoms with Crippen LogP contribution in [0.3, 0.4) is 0 Å². The molecule has 0 saturated carbocycles. The lowest BCUT2D eigenvalue weighted by Crippen LogP contribution is -2.20. The number of halogens is 1. The lowest BCUT2D eigenvalue weighted by molar-refractivity contribution is -0.116. The molecule has 0 unspecified atom stereocenters. The minimum Gasteiger partial charge on any atom is -0.486 e. The number of fused-ring (bicyclic) bond motifs is 2. The maximum absolute atomic E-state index is 12.7. The molecular weight excluding hydrogens is 422 g/mol. The largest absolute Gasteiger partial charge is 0.486 e. The van der Waals surface area contributed by atoms with Gasteiger partial charge in [0.1, 0.15) is 24.7 Å². The van der Waals surface area contributed by atoms with Crippen LogP contribution in [0, 0.1) is 0 Å². The fourth-order valence-electron chi connectivity index (χ4n) is 3.69. The summed E-state index contributed by atoms with van der Waals surface area (Å²) < 4.78 is 7.94. The third-order valence-corrected chi connectivity index (χ3v) is 5.50. The highest BCUT2D eigenvalue weighted by molar-refractivity contribution is 6.30. The quantitative estimate of drug-likeness (QED) is 0.348. The SMILES string of the molecule is O=C(Cn1c(COc2ccc3ccccc3c2)nc2ccccc21)Nc1ccc(Cl)cc1. The zero-order chi connectivity index (χ0) is 21.9. The lowest BCUT2D eigenvalue weighted by atomic mass is 10.1. The molecule has 0 radical (unpaired) electrons. The molecular formula is C26H20ClN3O2. The highest BCUT2D eigenvalue weighted by Gasteiger charge is 2.14. The number of ether oxygens (including phenoxy) is 1. The van der Waals surface area contributed by atoms with Gasteiger partial charge in [0.25, 0.3) is 0 Å². The third kappa shape index (κ3) is 4.29. The zero-order valence-corrected chi connectivity index (χ0v) is 17.9. The summed E-state index contributed by atoms with van der Waals surface area (Å²) in [6, 6.07) is 28.9. The van der Waals surface area contributed by atoms with E-state index in [4.69, 9.17) is 21.3 Å². The van der Waals surface area contributed by atoms with Crippen LogP contribution in [0.1, 0.15) is 5.82 Å². The monoisotopic (exact) mass is 441 g/mol. The van der Waals surface area contributed by atoms with E-state index in [2.05, 4.69) is 17.4 Å². The van der Waals surface area contributed by atoms with E-state index in [9.17, 15) is 4.79 Å². The van der Waals surface area contributed by atoms with Gasteiger partial charge in [-0.3, -0.25) is 4.79 Å². The Morgan fingerprint density at radius 1 is 0.906 bits per heavy atom. The number of carbonyl (C=O) groups is 1. The Hall–Kier alpha value is -3.83. The van der Waals surface area contributed by atoms with Gasteiger partial charge < -0.3 is 14.6 Å². The van der Waals surface area contributed by atoms with Crippen LogP contribution < -0.4 is 10.1 Å². The third-order valence-electron chi connectivity index (χ3n) is 5.25. The van der Waals surface area contributed by atoms with Gasteiger partial charge in [0.2, 0.25) is 5.91 Å². The summed E-state index contributed by atoms with van der Waals surface area (Å²) in [6.45, 7) is 0.376. The van der Waals surface area contributed by atoms with Crippen molar-refractivity contribution in [2.24, 2.45) is 0 Å². The molecule has 1 aromatic heterocycles. The lowest BCUT2D eigenvalue weighted by Gasteiger charge is -2.11. The summed E-state index contributed by atoms with van der Waals surface area (Å²) in [5, 5.41) is 5.80. The van der Waals surface area contributed by atoms with Gasteiger partial charge >= 0.3 is 0 Å². The molecule has 0 atom stereocenters. The van der Waals surface area contributed by atoms with Crippen molar-refractivity contribution < 1.29 is 9.53 Å². The second-order valence-electron chi connectivity index (χ2n) is 7.46. The average Bonchev–Trinajstić information content (AvgIpc) is 3.16. The van der Waals surface area contributed by atoms with E-state index in [1.165, 1.54) is 0 Å². The number of nitrogens with zero attached hydrogens (tertiary/aromatic N) is 2. The van der Waals surface area contributed by atoms with Crippen LogP contribution in [0.15, 0.2) is 91.0 Å². The minimum absolute atomic E-state index is 0.125. The van der Waals surface area contributed by atoms with Crippen molar-refractivity contribution in [2.45, 2.75) is 13.2 Å². The van der Waals surface area contributed by atoms with Crippen molar-refractivity contribution in [3.05, 3.63) is 102 Å². The van der Waals surface area contributed by atoms with Gasteiger partial charge in [0.05, 0.1) is 11.0 Å². The van der Waals surface area contributed by atoms with Gasteiger partial charge in [0.15, 0.2) is 0 Å². The van der Waals surface area contributed by atoms with Crippen LogP contribution in [0.4, 0.5) is 5.69 Å². The molecule has 0 spiro atoms. The van der Waals surface area contributed by atoms with E-state index in [-0.39, 0.29) is 19.1 Å². The Bertz CT molecular complexity index is 1410. The van der Waals surface area contributed by atoms with E-state index < -0.39 is 0 Å². The number of anilines is 1. The van der Waals surface area contributed by atoms with Gasteiger partial charge in [0, 0.05) is 10.7 Å². The molecule has 0 aliphatic carbocycles. The smallest absolute Gasteiger partial charge is 0.244 e. The van der Waals surface area contributed by atoms with Crippen LogP contribution in [0.2, 0.25) is 5.02 Å². The van der Waals surface area contributed by atoms with Crippen molar-refractivity contribution >= 4 is 45.0 Å². The molecule has 0 bridgehead atoms. The Balaban J connectivity index is 1.38. The van der Waals surface area contributed by atoms with Crippen LogP contribution in [0.5, 0.6) is 5.75 Å². The molecule has 0 saturated heterocycles. The average molecular weight is 442 g/mol. The second-order valence-corrected chi connectivity index (χ2v) is 7.89. The van der Waals surface area contributed by atoms with Crippen molar-refractivity contribution in [2.75, 3.05) is 5.32 Å². The number of aromatic nitrogens is 2. The van der Waals surface area contributed by atoms with E-state index in [1.54, 1.807) is 24.3 Å². The Labute approximate surface area is 190 Å². The maximum atomic E-state index is 12.7. The molecule has 1 amide bonds. The first kappa shape index (κ1) is 20.1. The molecule has 32 heavy (non-hydrogen) atoms. The first-order chi connectivity index (χ1) is 15.7. The summed E-state index contributed by atoms with van der Waals surface area (Å²) in [5.41, 5.74) is 2.40. The predicted octanol–water partition coefficient (Wildman–Crippen LogP) is 6.06. The molecule has 1 heterocycles. The number of nitrogens with one attached hydrogen (secondary N) is 1. The van der Waals surface area contributed by atoms with Gasteiger partial charge in [-0.2, -0.15) is 0 Å². The number of carbonyl (C=O) groups excluding carboxylic acids is 1. The second kappa shape index (κ2) is 8.73. The molecule has 6 heteroatoms. The molecule has 1 N–H and O–H groups in total. The van der Waals surface area contributed by atoms with Crippen LogP contribution in [0.25, 0.3) is 21.8 Å². The molecule has 0 fully saturated rings. The van der Waals surface area contributed by atoms with E-state index >= 15 is 0 Å². The van der Waals surface area contributed by atoms with Crippen LogP contribution in [-0.4, -0.2) is 15.5 Å².